The maximum atomic E-state index is 14.1. The zero-order chi connectivity index (χ0) is 29.6. The Kier molecular flexibility index (Phi) is 14.3. The van der Waals surface area contributed by atoms with Gasteiger partial charge in [0.2, 0.25) is 11.8 Å². The van der Waals surface area contributed by atoms with Gasteiger partial charge in [-0.1, -0.05) is 64.5 Å². The molecule has 0 aliphatic carbocycles. The number of hydrogen-bond donors (Lipinski definition) is 2. The minimum atomic E-state index is -0.988. The van der Waals surface area contributed by atoms with Gasteiger partial charge in [-0.25, -0.2) is 4.79 Å². The molecule has 0 aliphatic rings. The van der Waals surface area contributed by atoms with Gasteiger partial charge in [0.15, 0.2) is 0 Å². The predicted octanol–water partition coefficient (Wildman–Crippen LogP) is 5.01. The average molecular weight is 546 g/mol. The van der Waals surface area contributed by atoms with Crippen LogP contribution in [0.4, 0.5) is 4.79 Å². The third kappa shape index (κ3) is 11.9. The Morgan fingerprint density at radius 2 is 1.79 bits per heavy atom. The van der Waals surface area contributed by atoms with Crippen LogP contribution in [0.3, 0.4) is 0 Å². The van der Waals surface area contributed by atoms with Gasteiger partial charge in [-0.3, -0.25) is 14.4 Å². The Labute approximate surface area is 233 Å². The Morgan fingerprint density at radius 3 is 2.36 bits per heavy atom. The highest BCUT2D eigenvalue weighted by molar-refractivity contribution is 5.92. The van der Waals surface area contributed by atoms with Crippen LogP contribution in [0.25, 0.3) is 6.08 Å². The van der Waals surface area contributed by atoms with Crippen molar-refractivity contribution in [2.45, 2.75) is 91.8 Å². The number of alkyl carbamates (subject to hydrolysis) is 1. The molecule has 1 rings (SSSR count). The number of esters is 1. The summed E-state index contributed by atoms with van der Waals surface area (Å²) in [4.78, 5) is 53.8. The van der Waals surface area contributed by atoms with E-state index in [1.165, 1.54) is 4.90 Å². The zero-order valence-electron chi connectivity index (χ0n) is 24.7. The Morgan fingerprint density at radius 1 is 1.10 bits per heavy atom. The van der Waals surface area contributed by atoms with Crippen molar-refractivity contribution in [3.8, 4) is 0 Å². The van der Waals surface area contributed by atoms with Crippen LogP contribution >= 0.6 is 0 Å². The molecule has 9 nitrogen and oxygen atoms in total. The van der Waals surface area contributed by atoms with E-state index < -0.39 is 35.7 Å². The van der Waals surface area contributed by atoms with Crippen LogP contribution in [-0.2, 0) is 23.9 Å². The monoisotopic (exact) mass is 545 g/mol. The van der Waals surface area contributed by atoms with Crippen LogP contribution in [-0.4, -0.2) is 60.1 Å². The third-order valence-corrected chi connectivity index (χ3v) is 5.85. The lowest BCUT2D eigenvalue weighted by molar-refractivity contribution is -0.144. The van der Waals surface area contributed by atoms with E-state index in [-0.39, 0.29) is 31.4 Å². The summed E-state index contributed by atoms with van der Waals surface area (Å²) in [5, 5.41) is 5.52. The maximum Gasteiger partial charge on any atom is 0.408 e. The van der Waals surface area contributed by atoms with Crippen LogP contribution in [0.5, 0.6) is 0 Å². The minimum Gasteiger partial charge on any atom is -0.466 e. The normalized spacial score (nSPS) is 12.7. The van der Waals surface area contributed by atoms with Gasteiger partial charge in [0.05, 0.1) is 13.0 Å². The number of carbonyl (C=O) groups is 4. The molecule has 9 heteroatoms. The molecule has 2 atom stereocenters. The fourth-order valence-electron chi connectivity index (χ4n) is 3.97. The SMILES string of the molecule is C=Cc1cccc(C(C(=O)NCCC(=O)OCC)N(CCCCC)C(=O)C(NC(=O)OC(C)(C)C)C(C)C)c1. The van der Waals surface area contributed by atoms with Gasteiger partial charge in [0.1, 0.15) is 17.7 Å². The molecule has 0 aromatic heterocycles. The first-order valence-electron chi connectivity index (χ1n) is 13.8. The van der Waals surface area contributed by atoms with E-state index in [0.29, 0.717) is 18.5 Å². The first kappa shape index (κ1) is 33.7. The summed E-state index contributed by atoms with van der Waals surface area (Å²) in [6, 6.07) is 5.36. The third-order valence-electron chi connectivity index (χ3n) is 5.85. The van der Waals surface area contributed by atoms with Gasteiger partial charge < -0.3 is 25.0 Å². The van der Waals surface area contributed by atoms with Crippen LogP contribution in [0, 0.1) is 5.92 Å². The summed E-state index contributed by atoms with van der Waals surface area (Å²) in [6.07, 6.45) is 3.44. The lowest BCUT2D eigenvalue weighted by Gasteiger charge is -2.35. The molecular formula is C30H47N3O6. The van der Waals surface area contributed by atoms with Crippen LogP contribution in [0.1, 0.15) is 91.3 Å². The van der Waals surface area contributed by atoms with Gasteiger partial charge in [-0.2, -0.15) is 0 Å². The lowest BCUT2D eigenvalue weighted by Crippen LogP contribution is -2.55. The summed E-state index contributed by atoms with van der Waals surface area (Å²) in [6.45, 7) is 17.1. The number of rotatable bonds is 15. The fourth-order valence-corrected chi connectivity index (χ4v) is 3.97. The number of ether oxygens (including phenoxy) is 2. The van der Waals surface area contributed by atoms with Crippen molar-refractivity contribution >= 4 is 30.0 Å². The Balaban J connectivity index is 3.45. The van der Waals surface area contributed by atoms with E-state index in [2.05, 4.69) is 24.1 Å². The van der Waals surface area contributed by atoms with Crippen molar-refractivity contribution in [2.24, 2.45) is 5.92 Å². The standard InChI is InChI=1S/C30H47N3O6/c1-9-12-13-19-33(28(36)25(21(4)5)32-29(37)39-30(6,7)8)26(23-16-14-15-22(10-2)20-23)27(35)31-18-17-24(34)38-11-3/h10,14-16,20-21,25-26H,2,9,11-13,17-19H2,1,3-8H3,(H,31,35)(H,32,37). The molecule has 0 heterocycles. The second-order valence-electron chi connectivity index (χ2n) is 10.7. The van der Waals surface area contributed by atoms with Crippen molar-refractivity contribution < 1.29 is 28.7 Å². The van der Waals surface area contributed by atoms with E-state index in [0.717, 1.165) is 18.4 Å². The number of amides is 3. The van der Waals surface area contributed by atoms with Crippen molar-refractivity contribution in [2.75, 3.05) is 19.7 Å². The molecule has 0 radical (unpaired) electrons. The number of hydrogen-bond acceptors (Lipinski definition) is 6. The van der Waals surface area contributed by atoms with E-state index >= 15 is 0 Å². The highest BCUT2D eigenvalue weighted by atomic mass is 16.6. The lowest BCUT2D eigenvalue weighted by atomic mass is 9.97. The molecule has 0 spiro atoms. The second kappa shape index (κ2) is 16.6. The van der Waals surface area contributed by atoms with Gasteiger partial charge >= 0.3 is 12.1 Å². The van der Waals surface area contributed by atoms with Crippen LogP contribution < -0.4 is 10.6 Å². The smallest absolute Gasteiger partial charge is 0.408 e. The average Bonchev–Trinajstić information content (AvgIpc) is 2.85. The molecular weight excluding hydrogens is 498 g/mol. The first-order chi connectivity index (χ1) is 18.3. The zero-order valence-corrected chi connectivity index (χ0v) is 24.7. The largest absolute Gasteiger partial charge is 0.466 e. The Hall–Kier alpha value is -3.36. The minimum absolute atomic E-state index is 0.0115. The molecule has 1 aromatic carbocycles. The van der Waals surface area contributed by atoms with E-state index in [1.54, 1.807) is 45.9 Å². The molecule has 2 unspecified atom stereocenters. The number of unbranched alkanes of at least 4 members (excludes halogenated alkanes) is 2. The van der Waals surface area contributed by atoms with Crippen LogP contribution in [0.15, 0.2) is 30.8 Å². The van der Waals surface area contributed by atoms with Gasteiger partial charge in [-0.05, 0) is 57.2 Å². The highest BCUT2D eigenvalue weighted by Gasteiger charge is 2.37. The second-order valence-corrected chi connectivity index (χ2v) is 10.7. The van der Waals surface area contributed by atoms with Crippen molar-refractivity contribution in [1.82, 2.24) is 15.5 Å². The summed E-state index contributed by atoms with van der Waals surface area (Å²) in [7, 11) is 0. The number of benzene rings is 1. The highest BCUT2D eigenvalue weighted by Crippen LogP contribution is 2.26. The molecule has 0 bridgehead atoms. The molecule has 1 aromatic rings. The molecule has 0 fully saturated rings. The van der Waals surface area contributed by atoms with Crippen molar-refractivity contribution in [3.05, 3.63) is 42.0 Å². The van der Waals surface area contributed by atoms with E-state index in [9.17, 15) is 19.2 Å². The van der Waals surface area contributed by atoms with Gasteiger partial charge in [-0.15, -0.1) is 0 Å². The van der Waals surface area contributed by atoms with Crippen molar-refractivity contribution in [1.29, 1.82) is 0 Å². The predicted molar refractivity (Wildman–Crippen MR) is 153 cm³/mol. The maximum absolute atomic E-state index is 14.1. The summed E-state index contributed by atoms with van der Waals surface area (Å²) >= 11 is 0. The van der Waals surface area contributed by atoms with Gasteiger partial charge in [0, 0.05) is 13.1 Å². The summed E-state index contributed by atoms with van der Waals surface area (Å²) in [5.41, 5.74) is 0.665. The molecule has 0 saturated carbocycles. The molecule has 0 aliphatic heterocycles. The Bertz CT molecular complexity index is 970. The van der Waals surface area contributed by atoms with E-state index in [1.807, 2.05) is 26.0 Å². The number of nitrogens with one attached hydrogen (secondary N) is 2. The molecule has 3 amide bonds. The van der Waals surface area contributed by atoms with Crippen molar-refractivity contribution in [3.63, 3.8) is 0 Å². The van der Waals surface area contributed by atoms with Gasteiger partial charge in [0.25, 0.3) is 0 Å². The van der Waals surface area contributed by atoms with Crippen LogP contribution in [0.2, 0.25) is 0 Å². The first-order valence-corrected chi connectivity index (χ1v) is 13.8. The molecule has 218 valence electrons. The quantitative estimate of drug-likeness (QED) is 0.237. The fraction of sp³-hybridized carbons (Fsp3) is 0.600. The summed E-state index contributed by atoms with van der Waals surface area (Å²) in [5.74, 6) is -1.50. The van der Waals surface area contributed by atoms with E-state index in [4.69, 9.17) is 9.47 Å². The number of nitrogens with zero attached hydrogens (tertiary/aromatic N) is 1. The molecule has 39 heavy (non-hydrogen) atoms. The topological polar surface area (TPSA) is 114 Å². The number of carbonyl (C=O) groups excluding carboxylic acids is 4. The summed E-state index contributed by atoms with van der Waals surface area (Å²) < 4.78 is 10.4. The molecule has 2 N–H and O–H groups in total. The molecule has 0 saturated heterocycles.